The van der Waals surface area contributed by atoms with Crippen LogP contribution in [0.5, 0.6) is 0 Å². The smallest absolute Gasteiger partial charge is 0.270 e. The predicted octanol–water partition coefficient (Wildman–Crippen LogP) is 2.09. The maximum absolute atomic E-state index is 12.9. The minimum absolute atomic E-state index is 0.0384. The van der Waals surface area contributed by atoms with Gasteiger partial charge in [-0.1, -0.05) is 0 Å². The zero-order valence-corrected chi connectivity index (χ0v) is 16.0. The highest BCUT2D eigenvalue weighted by Crippen LogP contribution is 2.28. The third-order valence-electron chi connectivity index (χ3n) is 3.78. The second-order valence-corrected chi connectivity index (χ2v) is 7.41. The van der Waals surface area contributed by atoms with Crippen molar-refractivity contribution in [3.05, 3.63) is 39.4 Å². The number of carbonyl (C=O) groups excluding carboxylic acids is 2. The maximum atomic E-state index is 12.9. The zero-order chi connectivity index (χ0) is 19.8. The standard InChI is InChI=1S/C17H20N4O4S/c1-17(2,3)20-15(23)12(14(22)18-16(20)26)9-10-8-11(21(24)25)6-7-13(10)19(4)5/h6-9H,1-5H3,(H,18,22,26)/b12-9-. The molecule has 26 heavy (non-hydrogen) atoms. The van der Waals surface area contributed by atoms with E-state index in [1.807, 2.05) is 0 Å². The van der Waals surface area contributed by atoms with E-state index in [1.54, 1.807) is 45.8 Å². The van der Waals surface area contributed by atoms with E-state index in [1.165, 1.54) is 23.1 Å². The molecular weight excluding hydrogens is 356 g/mol. The van der Waals surface area contributed by atoms with Gasteiger partial charge in [-0.3, -0.25) is 29.9 Å². The topological polar surface area (TPSA) is 95.8 Å². The van der Waals surface area contributed by atoms with Crippen molar-refractivity contribution in [2.75, 3.05) is 19.0 Å². The third kappa shape index (κ3) is 3.72. The fourth-order valence-corrected chi connectivity index (χ4v) is 3.05. The van der Waals surface area contributed by atoms with E-state index in [4.69, 9.17) is 12.2 Å². The summed E-state index contributed by atoms with van der Waals surface area (Å²) in [5.74, 6) is -1.17. The third-order valence-corrected chi connectivity index (χ3v) is 4.06. The fraction of sp³-hybridized carbons (Fsp3) is 0.353. The molecule has 0 saturated carbocycles. The first-order chi connectivity index (χ1) is 11.9. The predicted molar refractivity (Wildman–Crippen MR) is 103 cm³/mol. The number of carbonyl (C=O) groups is 2. The van der Waals surface area contributed by atoms with Crippen LogP contribution in [0.25, 0.3) is 6.08 Å². The molecule has 1 N–H and O–H groups in total. The molecule has 1 aliphatic heterocycles. The largest absolute Gasteiger partial charge is 0.377 e. The molecule has 1 aliphatic rings. The van der Waals surface area contributed by atoms with Crippen molar-refractivity contribution in [3.8, 4) is 0 Å². The molecule has 1 aromatic rings. The van der Waals surface area contributed by atoms with E-state index in [2.05, 4.69) is 5.32 Å². The molecule has 8 nitrogen and oxygen atoms in total. The number of non-ortho nitro benzene ring substituents is 1. The van der Waals surface area contributed by atoms with Gasteiger partial charge >= 0.3 is 0 Å². The lowest BCUT2D eigenvalue weighted by Gasteiger charge is -2.38. The molecule has 0 unspecified atom stereocenters. The Kier molecular flexibility index (Phi) is 5.13. The summed E-state index contributed by atoms with van der Waals surface area (Å²) in [5, 5.41) is 13.6. The lowest BCUT2D eigenvalue weighted by atomic mass is 10.0. The Morgan fingerprint density at radius 1 is 1.27 bits per heavy atom. The van der Waals surface area contributed by atoms with Gasteiger partial charge in [-0.05, 0) is 45.1 Å². The molecule has 1 saturated heterocycles. The van der Waals surface area contributed by atoms with Crippen molar-refractivity contribution < 1.29 is 14.5 Å². The summed E-state index contributed by atoms with van der Waals surface area (Å²) in [7, 11) is 3.53. The number of hydrogen-bond donors (Lipinski definition) is 1. The van der Waals surface area contributed by atoms with Gasteiger partial charge in [0.05, 0.1) is 4.92 Å². The highest BCUT2D eigenvalue weighted by molar-refractivity contribution is 7.80. The van der Waals surface area contributed by atoms with Crippen molar-refractivity contribution in [3.63, 3.8) is 0 Å². The molecule has 1 heterocycles. The Balaban J connectivity index is 2.61. The summed E-state index contributed by atoms with van der Waals surface area (Å²) >= 11 is 5.12. The minimum atomic E-state index is -0.631. The Hall–Kier alpha value is -2.81. The molecule has 138 valence electrons. The van der Waals surface area contributed by atoms with Gasteiger partial charge in [0.2, 0.25) is 0 Å². The molecule has 0 aliphatic carbocycles. The van der Waals surface area contributed by atoms with Crippen LogP contribution in [0.1, 0.15) is 26.3 Å². The van der Waals surface area contributed by atoms with Gasteiger partial charge in [0.15, 0.2) is 5.11 Å². The molecule has 0 atom stereocenters. The van der Waals surface area contributed by atoms with Gasteiger partial charge in [0.25, 0.3) is 17.5 Å². The number of rotatable bonds is 3. The van der Waals surface area contributed by atoms with Crippen LogP contribution < -0.4 is 10.2 Å². The van der Waals surface area contributed by atoms with E-state index < -0.39 is 22.3 Å². The van der Waals surface area contributed by atoms with E-state index in [-0.39, 0.29) is 16.4 Å². The van der Waals surface area contributed by atoms with Gasteiger partial charge in [0, 0.05) is 43.0 Å². The monoisotopic (exact) mass is 376 g/mol. The lowest BCUT2D eigenvalue weighted by Crippen LogP contribution is -2.60. The van der Waals surface area contributed by atoms with Gasteiger partial charge in [0.1, 0.15) is 5.57 Å². The van der Waals surface area contributed by atoms with Crippen molar-refractivity contribution in [1.82, 2.24) is 10.2 Å². The normalized spacial score (nSPS) is 16.7. The van der Waals surface area contributed by atoms with Crippen LogP contribution >= 0.6 is 12.2 Å². The highest BCUT2D eigenvalue weighted by atomic mass is 32.1. The van der Waals surface area contributed by atoms with Crippen LogP contribution in [0.15, 0.2) is 23.8 Å². The van der Waals surface area contributed by atoms with Crippen molar-refractivity contribution in [2.24, 2.45) is 0 Å². The SMILES string of the molecule is CN(C)c1ccc([N+](=O)[O-])cc1/C=C1/C(=O)NC(=S)N(C(C)(C)C)C1=O. The quantitative estimate of drug-likeness (QED) is 0.285. The van der Waals surface area contributed by atoms with Crippen LogP contribution in [0, 0.1) is 10.1 Å². The first-order valence-electron chi connectivity index (χ1n) is 7.81. The fourth-order valence-electron chi connectivity index (χ4n) is 2.60. The number of anilines is 1. The summed E-state index contributed by atoms with van der Waals surface area (Å²) in [6.45, 7) is 5.39. The van der Waals surface area contributed by atoms with Crippen molar-refractivity contribution >= 4 is 46.6 Å². The summed E-state index contributed by atoms with van der Waals surface area (Å²) in [6.07, 6.45) is 1.36. The zero-order valence-electron chi connectivity index (χ0n) is 15.2. The summed E-state index contributed by atoms with van der Waals surface area (Å²) in [5.41, 5.74) is 0.142. The highest BCUT2D eigenvalue weighted by Gasteiger charge is 2.39. The average Bonchev–Trinajstić information content (AvgIpc) is 2.49. The Morgan fingerprint density at radius 2 is 1.88 bits per heavy atom. The van der Waals surface area contributed by atoms with Crippen molar-refractivity contribution in [1.29, 1.82) is 0 Å². The van der Waals surface area contributed by atoms with Crippen LogP contribution in [0.4, 0.5) is 11.4 Å². The number of amides is 2. The number of nitrogens with one attached hydrogen (secondary N) is 1. The molecule has 0 radical (unpaired) electrons. The summed E-state index contributed by atoms with van der Waals surface area (Å²) < 4.78 is 0. The molecular formula is C17H20N4O4S. The van der Waals surface area contributed by atoms with Gasteiger partial charge in [-0.25, -0.2) is 0 Å². The van der Waals surface area contributed by atoms with Crippen LogP contribution in [0.3, 0.4) is 0 Å². The van der Waals surface area contributed by atoms with Crippen LogP contribution in [-0.2, 0) is 9.59 Å². The second kappa shape index (κ2) is 6.83. The molecule has 0 bridgehead atoms. The number of hydrogen-bond acceptors (Lipinski definition) is 6. The first kappa shape index (κ1) is 19.5. The van der Waals surface area contributed by atoms with Crippen LogP contribution in [-0.4, -0.2) is 46.4 Å². The molecule has 1 fully saturated rings. The van der Waals surface area contributed by atoms with E-state index in [9.17, 15) is 19.7 Å². The summed E-state index contributed by atoms with van der Waals surface area (Å²) in [4.78, 5) is 38.8. The Labute approximate surface area is 156 Å². The van der Waals surface area contributed by atoms with E-state index in [0.717, 1.165) is 0 Å². The Bertz CT molecular complexity index is 840. The Morgan fingerprint density at radius 3 is 2.38 bits per heavy atom. The second-order valence-electron chi connectivity index (χ2n) is 7.02. The van der Waals surface area contributed by atoms with E-state index in [0.29, 0.717) is 11.3 Å². The van der Waals surface area contributed by atoms with E-state index >= 15 is 0 Å². The van der Waals surface area contributed by atoms with Gasteiger partial charge in [-0.15, -0.1) is 0 Å². The first-order valence-corrected chi connectivity index (χ1v) is 8.21. The molecule has 2 amide bonds. The summed E-state index contributed by atoms with van der Waals surface area (Å²) in [6, 6.07) is 4.27. The van der Waals surface area contributed by atoms with Gasteiger partial charge in [-0.2, -0.15) is 0 Å². The van der Waals surface area contributed by atoms with Crippen LogP contribution in [0.2, 0.25) is 0 Å². The number of nitro benzene ring substituents is 1. The maximum Gasteiger partial charge on any atom is 0.270 e. The number of nitro groups is 1. The molecule has 0 aromatic heterocycles. The lowest BCUT2D eigenvalue weighted by molar-refractivity contribution is -0.384. The minimum Gasteiger partial charge on any atom is -0.377 e. The molecule has 0 spiro atoms. The molecule has 9 heteroatoms. The molecule has 1 aromatic carbocycles. The average molecular weight is 376 g/mol. The number of benzene rings is 1. The van der Waals surface area contributed by atoms with Gasteiger partial charge < -0.3 is 4.90 Å². The number of nitrogens with zero attached hydrogens (tertiary/aromatic N) is 3. The number of thiocarbonyl (C=S) groups is 1. The molecule has 2 rings (SSSR count). The van der Waals surface area contributed by atoms with Crippen molar-refractivity contribution in [2.45, 2.75) is 26.3 Å².